The molecule has 2 aromatic heterocycles. The van der Waals surface area contributed by atoms with Crippen LogP contribution in [0.15, 0.2) is 17.8 Å². The van der Waals surface area contributed by atoms with Crippen LogP contribution in [0.2, 0.25) is 0 Å². The Hall–Kier alpha value is -1.51. The van der Waals surface area contributed by atoms with Crippen LogP contribution in [0.25, 0.3) is 5.69 Å². The zero-order chi connectivity index (χ0) is 13.9. The molecule has 21 heavy (non-hydrogen) atoms. The first-order chi connectivity index (χ1) is 9.75. The summed E-state index contributed by atoms with van der Waals surface area (Å²) in [5.41, 5.74) is 0.721. The maximum atomic E-state index is 12.4. The van der Waals surface area contributed by atoms with Crippen LogP contribution < -0.4 is 10.6 Å². The van der Waals surface area contributed by atoms with Gasteiger partial charge in [0, 0.05) is 6.04 Å². The van der Waals surface area contributed by atoms with E-state index in [0.717, 1.165) is 25.2 Å². The van der Waals surface area contributed by atoms with Crippen LogP contribution in [0.1, 0.15) is 23.0 Å². The zero-order valence-corrected chi connectivity index (χ0v) is 13.2. The molecule has 0 aromatic carbocycles. The molecule has 2 unspecified atom stereocenters. The molecule has 2 aromatic rings. The largest absolute Gasteiger partial charge is 0.348 e. The Kier molecular flexibility index (Phi) is 5.27. The molecule has 3 rings (SSSR count). The maximum Gasteiger partial charge on any atom is 0.263 e. The van der Waals surface area contributed by atoms with E-state index in [0.29, 0.717) is 10.8 Å². The van der Waals surface area contributed by atoms with Gasteiger partial charge in [0.25, 0.3) is 5.91 Å². The second kappa shape index (κ2) is 6.97. The van der Waals surface area contributed by atoms with E-state index in [-0.39, 0.29) is 24.4 Å². The van der Waals surface area contributed by atoms with Crippen LogP contribution in [0.5, 0.6) is 0 Å². The molecule has 0 aliphatic carbocycles. The number of halogens is 1. The first kappa shape index (κ1) is 15.9. The van der Waals surface area contributed by atoms with Crippen molar-refractivity contribution in [3.05, 3.63) is 22.7 Å². The number of thiophene rings is 1. The van der Waals surface area contributed by atoms with Crippen molar-refractivity contribution < 1.29 is 4.79 Å². The van der Waals surface area contributed by atoms with Crippen LogP contribution in [0.4, 0.5) is 0 Å². The minimum absolute atomic E-state index is 0. The third-order valence-corrected chi connectivity index (χ3v) is 4.45. The summed E-state index contributed by atoms with van der Waals surface area (Å²) >= 11 is 1.40. The number of hydrogen-bond acceptors (Lipinski definition) is 6. The first-order valence-electron chi connectivity index (χ1n) is 6.58. The standard InChI is InChI=1S/C12H16N6OS.ClH/c1-8-6-13-4-2-9(8)15-12(19)11-10(3-5-20-11)18-7-14-16-17-18;/h3,5,7-9,13H,2,4,6H2,1H3,(H,15,19);1H. The molecule has 0 spiro atoms. The van der Waals surface area contributed by atoms with Crippen LogP contribution in [-0.4, -0.2) is 45.2 Å². The number of nitrogens with one attached hydrogen (secondary N) is 2. The van der Waals surface area contributed by atoms with Gasteiger partial charge in [-0.25, -0.2) is 0 Å². The quantitative estimate of drug-likeness (QED) is 0.873. The molecule has 1 aliphatic rings. The summed E-state index contributed by atoms with van der Waals surface area (Å²) < 4.78 is 1.51. The third-order valence-electron chi connectivity index (χ3n) is 3.55. The Morgan fingerprint density at radius 3 is 3.14 bits per heavy atom. The molecule has 2 atom stereocenters. The lowest BCUT2D eigenvalue weighted by atomic mass is 9.95. The summed E-state index contributed by atoms with van der Waals surface area (Å²) in [6.07, 6.45) is 2.45. The number of carbonyl (C=O) groups excluding carboxylic acids is 1. The lowest BCUT2D eigenvalue weighted by molar-refractivity contribution is 0.0918. The van der Waals surface area contributed by atoms with Crippen molar-refractivity contribution in [1.82, 2.24) is 30.8 Å². The molecule has 1 aliphatic heterocycles. The van der Waals surface area contributed by atoms with E-state index in [2.05, 4.69) is 33.1 Å². The Balaban J connectivity index is 0.00000161. The SMILES string of the molecule is CC1CNCCC1NC(=O)c1sccc1-n1cnnn1.Cl. The molecular weight excluding hydrogens is 312 g/mol. The number of aromatic nitrogens is 4. The van der Waals surface area contributed by atoms with Gasteiger partial charge in [-0.1, -0.05) is 6.92 Å². The van der Waals surface area contributed by atoms with Gasteiger partial charge in [-0.2, -0.15) is 4.68 Å². The fourth-order valence-corrected chi connectivity index (χ4v) is 3.17. The Bertz CT molecular complexity index is 586. The topological polar surface area (TPSA) is 84.7 Å². The molecule has 3 heterocycles. The van der Waals surface area contributed by atoms with E-state index in [1.807, 2.05) is 11.4 Å². The number of hydrogen-bond donors (Lipinski definition) is 2. The van der Waals surface area contributed by atoms with Gasteiger partial charge in [0.15, 0.2) is 0 Å². The number of carbonyl (C=O) groups is 1. The summed E-state index contributed by atoms with van der Waals surface area (Å²) in [6.45, 7) is 4.03. The van der Waals surface area contributed by atoms with E-state index in [1.54, 1.807) is 0 Å². The lowest BCUT2D eigenvalue weighted by Gasteiger charge is -2.30. The monoisotopic (exact) mass is 328 g/mol. The first-order valence-corrected chi connectivity index (χ1v) is 7.46. The van der Waals surface area contributed by atoms with E-state index in [1.165, 1.54) is 22.3 Å². The lowest BCUT2D eigenvalue weighted by Crippen LogP contribution is -2.48. The van der Waals surface area contributed by atoms with Crippen LogP contribution >= 0.6 is 23.7 Å². The molecule has 7 nitrogen and oxygen atoms in total. The normalized spacial score (nSPS) is 21.6. The van der Waals surface area contributed by atoms with Gasteiger partial charge in [-0.15, -0.1) is 28.8 Å². The van der Waals surface area contributed by atoms with Crippen molar-refractivity contribution in [2.45, 2.75) is 19.4 Å². The fourth-order valence-electron chi connectivity index (χ4n) is 2.39. The summed E-state index contributed by atoms with van der Waals surface area (Å²) in [6, 6.07) is 2.06. The van der Waals surface area contributed by atoms with Crippen molar-refractivity contribution in [3.8, 4) is 5.69 Å². The van der Waals surface area contributed by atoms with Gasteiger partial charge in [0.2, 0.25) is 0 Å². The smallest absolute Gasteiger partial charge is 0.263 e. The highest BCUT2D eigenvalue weighted by Crippen LogP contribution is 2.21. The highest BCUT2D eigenvalue weighted by molar-refractivity contribution is 7.12. The van der Waals surface area contributed by atoms with Gasteiger partial charge in [0.1, 0.15) is 11.2 Å². The van der Waals surface area contributed by atoms with E-state index in [4.69, 9.17) is 0 Å². The van der Waals surface area contributed by atoms with Crippen LogP contribution in [-0.2, 0) is 0 Å². The number of tetrazole rings is 1. The van der Waals surface area contributed by atoms with Crippen molar-refractivity contribution in [2.75, 3.05) is 13.1 Å². The molecule has 0 radical (unpaired) electrons. The number of amides is 1. The average Bonchev–Trinajstić information content (AvgIpc) is 3.11. The number of rotatable bonds is 3. The van der Waals surface area contributed by atoms with Crippen molar-refractivity contribution in [2.24, 2.45) is 5.92 Å². The van der Waals surface area contributed by atoms with Crippen molar-refractivity contribution in [1.29, 1.82) is 0 Å². The van der Waals surface area contributed by atoms with Gasteiger partial charge in [-0.3, -0.25) is 4.79 Å². The summed E-state index contributed by atoms with van der Waals surface area (Å²) in [5.74, 6) is 0.383. The molecule has 9 heteroatoms. The molecule has 1 saturated heterocycles. The van der Waals surface area contributed by atoms with E-state index < -0.39 is 0 Å². The minimum Gasteiger partial charge on any atom is -0.348 e. The molecule has 0 saturated carbocycles. The predicted octanol–water partition coefficient (Wildman–Crippen LogP) is 0.873. The maximum absolute atomic E-state index is 12.4. The third kappa shape index (κ3) is 3.39. The van der Waals surface area contributed by atoms with Gasteiger partial charge in [0.05, 0.1) is 5.69 Å². The van der Waals surface area contributed by atoms with Crippen molar-refractivity contribution >= 4 is 29.7 Å². The summed E-state index contributed by atoms with van der Waals surface area (Å²) in [7, 11) is 0. The average molecular weight is 329 g/mol. The van der Waals surface area contributed by atoms with E-state index in [9.17, 15) is 4.79 Å². The minimum atomic E-state index is -0.0516. The number of nitrogens with zero attached hydrogens (tertiary/aromatic N) is 4. The van der Waals surface area contributed by atoms with Crippen LogP contribution in [0.3, 0.4) is 0 Å². The second-order valence-electron chi connectivity index (χ2n) is 4.94. The fraction of sp³-hybridized carbons (Fsp3) is 0.500. The molecular formula is C12H17ClN6OS. The molecule has 1 amide bonds. The van der Waals surface area contributed by atoms with E-state index >= 15 is 0 Å². The summed E-state index contributed by atoms with van der Waals surface area (Å²) in [4.78, 5) is 13.1. The highest BCUT2D eigenvalue weighted by atomic mass is 35.5. The Morgan fingerprint density at radius 2 is 2.43 bits per heavy atom. The van der Waals surface area contributed by atoms with Gasteiger partial charge >= 0.3 is 0 Å². The Labute approximate surface area is 132 Å². The number of piperidine rings is 1. The zero-order valence-electron chi connectivity index (χ0n) is 11.5. The van der Waals surface area contributed by atoms with Gasteiger partial charge in [-0.05, 0) is 47.3 Å². The molecule has 0 bridgehead atoms. The molecule has 2 N–H and O–H groups in total. The summed E-state index contributed by atoms with van der Waals surface area (Å²) in [5, 5.41) is 19.4. The molecule has 114 valence electrons. The predicted molar refractivity (Wildman–Crippen MR) is 82.2 cm³/mol. The molecule has 1 fully saturated rings. The van der Waals surface area contributed by atoms with Crippen LogP contribution in [0, 0.1) is 5.92 Å². The van der Waals surface area contributed by atoms with Gasteiger partial charge < -0.3 is 10.6 Å². The highest BCUT2D eigenvalue weighted by Gasteiger charge is 2.25. The second-order valence-corrected chi connectivity index (χ2v) is 5.86. The Morgan fingerprint density at radius 1 is 1.57 bits per heavy atom. The van der Waals surface area contributed by atoms with Crippen molar-refractivity contribution in [3.63, 3.8) is 0 Å².